The summed E-state index contributed by atoms with van der Waals surface area (Å²) < 4.78 is 5.34. The highest BCUT2D eigenvalue weighted by Gasteiger charge is 2.35. The zero-order chi connectivity index (χ0) is 15.1. The number of hydrogen-bond donors (Lipinski definition) is 3. The van der Waals surface area contributed by atoms with Gasteiger partial charge in [0.25, 0.3) is 0 Å². The summed E-state index contributed by atoms with van der Waals surface area (Å²) >= 11 is 0. The number of nitrogens with one attached hydrogen (secondary N) is 2. The molecule has 1 aliphatic heterocycles. The number of carbonyl (C=O) groups is 2. The van der Waals surface area contributed by atoms with Crippen molar-refractivity contribution in [3.8, 4) is 0 Å². The molecule has 1 saturated heterocycles. The monoisotopic (exact) mass is 286 g/mol. The van der Waals surface area contributed by atoms with E-state index in [-0.39, 0.29) is 23.8 Å². The molecule has 3 atom stereocenters. The summed E-state index contributed by atoms with van der Waals surface area (Å²) in [5.41, 5.74) is 0. The van der Waals surface area contributed by atoms with Crippen molar-refractivity contribution in [1.82, 2.24) is 10.6 Å². The first-order valence-electron chi connectivity index (χ1n) is 7.30. The molecule has 1 heterocycles. The maximum absolute atomic E-state index is 12.2. The second kappa shape index (κ2) is 8.21. The highest BCUT2D eigenvalue weighted by Crippen LogP contribution is 2.15. The topological polar surface area (TPSA) is 87.7 Å². The maximum atomic E-state index is 12.2. The van der Waals surface area contributed by atoms with E-state index in [4.69, 9.17) is 9.84 Å². The summed E-state index contributed by atoms with van der Waals surface area (Å²) in [7, 11) is 0. The van der Waals surface area contributed by atoms with Crippen LogP contribution >= 0.6 is 0 Å². The third-order valence-corrected chi connectivity index (χ3v) is 3.40. The molecule has 6 nitrogen and oxygen atoms in total. The van der Waals surface area contributed by atoms with Crippen molar-refractivity contribution in [2.24, 2.45) is 11.8 Å². The molecule has 3 N–H and O–H groups in total. The van der Waals surface area contributed by atoms with Gasteiger partial charge in [-0.2, -0.15) is 0 Å². The average molecular weight is 286 g/mol. The fourth-order valence-electron chi connectivity index (χ4n) is 2.32. The Morgan fingerprint density at radius 3 is 2.60 bits per heavy atom. The van der Waals surface area contributed by atoms with Crippen molar-refractivity contribution >= 4 is 11.9 Å². The van der Waals surface area contributed by atoms with Crippen LogP contribution in [0.3, 0.4) is 0 Å². The van der Waals surface area contributed by atoms with Crippen LogP contribution in [0.15, 0.2) is 0 Å². The molecule has 1 amide bonds. The van der Waals surface area contributed by atoms with E-state index in [0.717, 1.165) is 13.0 Å². The lowest BCUT2D eigenvalue weighted by atomic mass is 9.99. The summed E-state index contributed by atoms with van der Waals surface area (Å²) in [6.45, 7) is 7.60. The largest absolute Gasteiger partial charge is 0.480 e. The smallest absolute Gasteiger partial charge is 0.326 e. The SMILES string of the molecule is CCCNC1COCC1C(=O)NC(CC(C)C)C(=O)O. The van der Waals surface area contributed by atoms with E-state index >= 15 is 0 Å². The fourth-order valence-corrected chi connectivity index (χ4v) is 2.32. The normalized spacial score (nSPS) is 23.8. The number of carbonyl (C=O) groups excluding carboxylic acids is 1. The Balaban J connectivity index is 2.56. The first kappa shape index (κ1) is 16.9. The minimum Gasteiger partial charge on any atom is -0.480 e. The maximum Gasteiger partial charge on any atom is 0.326 e. The van der Waals surface area contributed by atoms with Crippen LogP contribution in [-0.2, 0) is 14.3 Å². The van der Waals surface area contributed by atoms with Gasteiger partial charge in [0.2, 0.25) is 5.91 Å². The van der Waals surface area contributed by atoms with Gasteiger partial charge in [-0.15, -0.1) is 0 Å². The van der Waals surface area contributed by atoms with Crippen LogP contribution in [0.5, 0.6) is 0 Å². The predicted molar refractivity (Wildman–Crippen MR) is 75.4 cm³/mol. The molecule has 0 aromatic carbocycles. The second-order valence-electron chi connectivity index (χ2n) is 5.73. The zero-order valence-corrected chi connectivity index (χ0v) is 12.5. The molecule has 1 fully saturated rings. The number of carboxylic acids is 1. The first-order valence-corrected chi connectivity index (χ1v) is 7.30. The third-order valence-electron chi connectivity index (χ3n) is 3.40. The summed E-state index contributed by atoms with van der Waals surface area (Å²) in [4.78, 5) is 23.4. The number of rotatable bonds is 8. The molecule has 0 radical (unpaired) electrons. The Kier molecular flexibility index (Phi) is 6.95. The third kappa shape index (κ3) is 5.09. The molecule has 1 aliphatic rings. The molecule has 20 heavy (non-hydrogen) atoms. The van der Waals surface area contributed by atoms with E-state index in [1.54, 1.807) is 0 Å². The van der Waals surface area contributed by atoms with Crippen molar-refractivity contribution < 1.29 is 19.4 Å². The molecule has 0 saturated carbocycles. The average Bonchev–Trinajstić information content (AvgIpc) is 2.83. The Morgan fingerprint density at radius 2 is 2.05 bits per heavy atom. The van der Waals surface area contributed by atoms with Gasteiger partial charge in [-0.05, 0) is 25.3 Å². The molecule has 0 aromatic rings. The Hall–Kier alpha value is -1.14. The Labute approximate surface area is 120 Å². The van der Waals surface area contributed by atoms with E-state index in [9.17, 15) is 9.59 Å². The van der Waals surface area contributed by atoms with Gasteiger partial charge < -0.3 is 20.5 Å². The molecule has 6 heteroatoms. The van der Waals surface area contributed by atoms with Gasteiger partial charge in [0.15, 0.2) is 0 Å². The van der Waals surface area contributed by atoms with Gasteiger partial charge in [-0.3, -0.25) is 4.79 Å². The molecule has 1 rings (SSSR count). The highest BCUT2D eigenvalue weighted by molar-refractivity contribution is 5.85. The number of ether oxygens (including phenoxy) is 1. The highest BCUT2D eigenvalue weighted by atomic mass is 16.5. The molecule has 0 aliphatic carbocycles. The fraction of sp³-hybridized carbons (Fsp3) is 0.857. The van der Waals surface area contributed by atoms with Crippen LogP contribution < -0.4 is 10.6 Å². The lowest BCUT2D eigenvalue weighted by Crippen LogP contribution is -2.49. The molecule has 0 spiro atoms. The minimum atomic E-state index is -0.982. The Morgan fingerprint density at radius 1 is 1.35 bits per heavy atom. The van der Waals surface area contributed by atoms with Crippen LogP contribution in [0.1, 0.15) is 33.6 Å². The van der Waals surface area contributed by atoms with Gasteiger partial charge in [0.05, 0.1) is 19.1 Å². The lowest BCUT2D eigenvalue weighted by Gasteiger charge is -2.22. The van der Waals surface area contributed by atoms with Crippen molar-refractivity contribution in [3.05, 3.63) is 0 Å². The van der Waals surface area contributed by atoms with E-state index < -0.39 is 12.0 Å². The number of amides is 1. The minimum absolute atomic E-state index is 0.0246. The number of aliphatic carboxylic acids is 1. The Bertz CT molecular complexity index is 333. The van der Waals surface area contributed by atoms with Crippen molar-refractivity contribution in [3.63, 3.8) is 0 Å². The quantitative estimate of drug-likeness (QED) is 0.609. The first-order chi connectivity index (χ1) is 9.45. The number of hydrogen-bond acceptors (Lipinski definition) is 4. The van der Waals surface area contributed by atoms with Crippen molar-refractivity contribution in [2.45, 2.75) is 45.7 Å². The van der Waals surface area contributed by atoms with Gasteiger partial charge in [0, 0.05) is 6.04 Å². The van der Waals surface area contributed by atoms with E-state index in [1.165, 1.54) is 0 Å². The predicted octanol–water partition coefficient (Wildman–Crippen LogP) is 0.617. The zero-order valence-electron chi connectivity index (χ0n) is 12.5. The van der Waals surface area contributed by atoms with Crippen molar-refractivity contribution in [2.75, 3.05) is 19.8 Å². The molecule has 3 unspecified atom stereocenters. The summed E-state index contributed by atoms with van der Waals surface area (Å²) in [5, 5.41) is 15.1. The van der Waals surface area contributed by atoms with Crippen LogP contribution in [0, 0.1) is 11.8 Å². The van der Waals surface area contributed by atoms with Gasteiger partial charge >= 0.3 is 5.97 Å². The molecule has 0 aromatic heterocycles. The van der Waals surface area contributed by atoms with Crippen LogP contribution in [0.4, 0.5) is 0 Å². The van der Waals surface area contributed by atoms with Crippen molar-refractivity contribution in [1.29, 1.82) is 0 Å². The molecule has 0 bridgehead atoms. The van der Waals surface area contributed by atoms with Gasteiger partial charge in [-0.1, -0.05) is 20.8 Å². The van der Waals surface area contributed by atoms with Crippen LogP contribution in [0.2, 0.25) is 0 Å². The summed E-state index contributed by atoms with van der Waals surface area (Å²) in [5.74, 6) is -1.31. The second-order valence-corrected chi connectivity index (χ2v) is 5.73. The number of carboxylic acid groups (broad SMARTS) is 1. The molecular weight excluding hydrogens is 260 g/mol. The molecule has 116 valence electrons. The standard InChI is InChI=1S/C14H26N2O4/c1-4-5-15-12-8-20-7-10(12)13(17)16-11(14(18)19)6-9(2)3/h9-12,15H,4-8H2,1-3H3,(H,16,17)(H,18,19). The van der Waals surface area contributed by atoms with Crippen LogP contribution in [0.25, 0.3) is 0 Å². The van der Waals surface area contributed by atoms with Gasteiger partial charge in [-0.25, -0.2) is 4.79 Å². The summed E-state index contributed by atoms with van der Waals surface area (Å²) in [6, 6.07) is -0.849. The molecular formula is C14H26N2O4. The van der Waals surface area contributed by atoms with E-state index in [2.05, 4.69) is 17.6 Å². The van der Waals surface area contributed by atoms with Gasteiger partial charge in [0.1, 0.15) is 6.04 Å². The van der Waals surface area contributed by atoms with E-state index in [0.29, 0.717) is 19.6 Å². The van der Waals surface area contributed by atoms with E-state index in [1.807, 2.05) is 13.8 Å². The summed E-state index contributed by atoms with van der Waals surface area (Å²) in [6.07, 6.45) is 1.41. The van der Waals surface area contributed by atoms with Crippen LogP contribution in [-0.4, -0.2) is 48.8 Å². The lowest BCUT2D eigenvalue weighted by molar-refractivity contribution is -0.143.